The molecule has 0 unspecified atom stereocenters. The summed E-state index contributed by atoms with van der Waals surface area (Å²) >= 11 is 0. The van der Waals surface area contributed by atoms with Gasteiger partial charge in [0.05, 0.1) is 19.7 Å². The van der Waals surface area contributed by atoms with Crippen LogP contribution in [0.2, 0.25) is 0 Å². The van der Waals surface area contributed by atoms with Gasteiger partial charge < -0.3 is 14.5 Å². The van der Waals surface area contributed by atoms with Crippen LogP contribution in [-0.2, 0) is 16.1 Å². The summed E-state index contributed by atoms with van der Waals surface area (Å²) < 4.78 is 6.91. The number of hydrogen-bond donors (Lipinski definition) is 0. The van der Waals surface area contributed by atoms with E-state index in [9.17, 15) is 9.59 Å². The van der Waals surface area contributed by atoms with Crippen molar-refractivity contribution in [1.29, 1.82) is 0 Å². The fourth-order valence-electron chi connectivity index (χ4n) is 3.06. The molecule has 2 aromatic rings. The molecule has 0 N–H and O–H groups in total. The van der Waals surface area contributed by atoms with E-state index in [2.05, 4.69) is 5.10 Å². The van der Waals surface area contributed by atoms with Gasteiger partial charge >= 0.3 is 0 Å². The Balaban J connectivity index is 1.52. The Morgan fingerprint density at radius 1 is 1.27 bits per heavy atom. The first-order valence-electron chi connectivity index (χ1n) is 8.74. The summed E-state index contributed by atoms with van der Waals surface area (Å²) in [5, 5.41) is 4.16. The summed E-state index contributed by atoms with van der Waals surface area (Å²) in [5.41, 5.74) is 1.05. The predicted molar refractivity (Wildman–Crippen MR) is 96.5 cm³/mol. The van der Waals surface area contributed by atoms with Crippen molar-refractivity contribution in [3.63, 3.8) is 0 Å². The van der Waals surface area contributed by atoms with E-state index in [4.69, 9.17) is 4.74 Å². The number of carbonyl (C=O) groups is 2. The largest absolute Gasteiger partial charge is 0.497 e. The molecule has 26 heavy (non-hydrogen) atoms. The minimum Gasteiger partial charge on any atom is -0.497 e. The molecule has 0 bridgehead atoms. The average molecular weight is 356 g/mol. The van der Waals surface area contributed by atoms with Crippen molar-refractivity contribution >= 4 is 11.8 Å². The third-order valence-electron chi connectivity index (χ3n) is 4.65. The van der Waals surface area contributed by atoms with Crippen molar-refractivity contribution in [2.24, 2.45) is 0 Å². The molecule has 2 amide bonds. The molecule has 0 saturated carbocycles. The first-order chi connectivity index (χ1) is 12.6. The molecule has 1 aliphatic rings. The SMILES string of the molecule is COc1ccc(CN2CCN(C(=O)C[C@H](C)n3cccn3)CC2=O)cc1. The second kappa shape index (κ2) is 8.03. The molecule has 0 aliphatic carbocycles. The van der Waals surface area contributed by atoms with Crippen LogP contribution in [0.3, 0.4) is 0 Å². The molecule has 1 atom stereocenters. The monoisotopic (exact) mass is 356 g/mol. The highest BCUT2D eigenvalue weighted by Crippen LogP contribution is 2.16. The lowest BCUT2D eigenvalue weighted by Gasteiger charge is -2.35. The quantitative estimate of drug-likeness (QED) is 0.790. The third kappa shape index (κ3) is 4.22. The Morgan fingerprint density at radius 2 is 2.04 bits per heavy atom. The highest BCUT2D eigenvalue weighted by atomic mass is 16.5. The summed E-state index contributed by atoms with van der Waals surface area (Å²) in [7, 11) is 1.63. The number of carbonyl (C=O) groups excluding carboxylic acids is 2. The summed E-state index contributed by atoms with van der Waals surface area (Å²) in [5.74, 6) is 0.763. The molecule has 1 aromatic carbocycles. The van der Waals surface area contributed by atoms with Crippen molar-refractivity contribution in [1.82, 2.24) is 19.6 Å². The minimum absolute atomic E-state index is 0.00884. The van der Waals surface area contributed by atoms with Gasteiger partial charge in [0.15, 0.2) is 0 Å². The molecular weight excluding hydrogens is 332 g/mol. The standard InChI is InChI=1S/C19H24N4O3/c1-15(23-9-3-8-20-23)12-18(24)22-11-10-21(19(25)14-22)13-16-4-6-17(26-2)7-5-16/h3-9,15H,10-14H2,1-2H3/t15-/m0/s1. The molecule has 138 valence electrons. The first kappa shape index (κ1) is 18.0. The normalized spacial score (nSPS) is 15.8. The zero-order chi connectivity index (χ0) is 18.5. The molecule has 1 aliphatic heterocycles. The number of hydrogen-bond acceptors (Lipinski definition) is 4. The maximum absolute atomic E-state index is 12.5. The van der Waals surface area contributed by atoms with Gasteiger partial charge in [0.2, 0.25) is 11.8 Å². The maximum Gasteiger partial charge on any atom is 0.242 e. The predicted octanol–water partition coefficient (Wildman–Crippen LogP) is 1.71. The van der Waals surface area contributed by atoms with Crippen molar-refractivity contribution in [3.8, 4) is 5.75 Å². The topological polar surface area (TPSA) is 67.7 Å². The van der Waals surface area contributed by atoms with Gasteiger partial charge in [0.1, 0.15) is 5.75 Å². The molecule has 7 nitrogen and oxygen atoms in total. The van der Waals surface area contributed by atoms with Gasteiger partial charge in [-0.1, -0.05) is 12.1 Å². The molecule has 0 spiro atoms. The second-order valence-electron chi connectivity index (χ2n) is 6.52. The van der Waals surface area contributed by atoms with Gasteiger partial charge in [-0.2, -0.15) is 5.10 Å². The van der Waals surface area contributed by atoms with Crippen LogP contribution in [0, 0.1) is 0 Å². The number of amides is 2. The van der Waals surface area contributed by atoms with Crippen molar-refractivity contribution in [2.45, 2.75) is 25.9 Å². The van der Waals surface area contributed by atoms with Crippen LogP contribution in [0.4, 0.5) is 0 Å². The van der Waals surface area contributed by atoms with Crippen LogP contribution in [0.15, 0.2) is 42.7 Å². The molecule has 1 saturated heterocycles. The number of nitrogens with zero attached hydrogens (tertiary/aromatic N) is 4. The lowest BCUT2D eigenvalue weighted by molar-refractivity contribution is -0.146. The van der Waals surface area contributed by atoms with Crippen molar-refractivity contribution < 1.29 is 14.3 Å². The molecule has 3 rings (SSSR count). The third-order valence-corrected chi connectivity index (χ3v) is 4.65. The van der Waals surface area contributed by atoms with Crippen LogP contribution in [0.25, 0.3) is 0 Å². The van der Waals surface area contributed by atoms with Gasteiger partial charge in [-0.15, -0.1) is 0 Å². The smallest absolute Gasteiger partial charge is 0.242 e. The number of ether oxygens (including phenoxy) is 1. The number of piperazine rings is 1. The zero-order valence-electron chi connectivity index (χ0n) is 15.2. The van der Waals surface area contributed by atoms with Gasteiger partial charge in [-0.25, -0.2) is 0 Å². The van der Waals surface area contributed by atoms with E-state index in [1.165, 1.54) is 0 Å². The van der Waals surface area contributed by atoms with E-state index >= 15 is 0 Å². The number of benzene rings is 1. The van der Waals surface area contributed by atoms with Gasteiger partial charge in [0.25, 0.3) is 0 Å². The Bertz CT molecular complexity index is 743. The fourth-order valence-corrected chi connectivity index (χ4v) is 3.06. The maximum atomic E-state index is 12.5. The van der Waals surface area contributed by atoms with Crippen LogP contribution >= 0.6 is 0 Å². The van der Waals surface area contributed by atoms with Crippen LogP contribution in [0.1, 0.15) is 24.9 Å². The number of methoxy groups -OCH3 is 1. The van der Waals surface area contributed by atoms with Crippen LogP contribution in [-0.4, -0.2) is 58.1 Å². The highest BCUT2D eigenvalue weighted by molar-refractivity contribution is 5.86. The second-order valence-corrected chi connectivity index (χ2v) is 6.52. The Kier molecular flexibility index (Phi) is 5.55. The molecule has 2 heterocycles. The minimum atomic E-state index is -0.0232. The Hall–Kier alpha value is -2.83. The molecule has 0 radical (unpaired) electrons. The molecule has 7 heteroatoms. The fraction of sp³-hybridized carbons (Fsp3) is 0.421. The van der Waals surface area contributed by atoms with E-state index in [1.54, 1.807) is 27.8 Å². The summed E-state index contributed by atoms with van der Waals surface area (Å²) in [6.07, 6.45) is 3.88. The van der Waals surface area contributed by atoms with E-state index in [0.29, 0.717) is 26.1 Å². The van der Waals surface area contributed by atoms with Gasteiger partial charge in [-0.3, -0.25) is 14.3 Å². The van der Waals surface area contributed by atoms with E-state index in [0.717, 1.165) is 11.3 Å². The number of rotatable bonds is 6. The molecule has 1 aromatic heterocycles. The zero-order valence-corrected chi connectivity index (χ0v) is 15.2. The number of aromatic nitrogens is 2. The first-order valence-corrected chi connectivity index (χ1v) is 8.74. The van der Waals surface area contributed by atoms with Crippen LogP contribution in [0.5, 0.6) is 5.75 Å². The highest BCUT2D eigenvalue weighted by Gasteiger charge is 2.28. The summed E-state index contributed by atoms with van der Waals surface area (Å²) in [6.45, 7) is 3.75. The summed E-state index contributed by atoms with van der Waals surface area (Å²) in [4.78, 5) is 28.4. The summed E-state index contributed by atoms with van der Waals surface area (Å²) in [6, 6.07) is 9.49. The average Bonchev–Trinajstić information content (AvgIpc) is 3.19. The molecule has 1 fully saturated rings. The lowest BCUT2D eigenvalue weighted by atomic mass is 10.1. The van der Waals surface area contributed by atoms with Crippen molar-refractivity contribution in [3.05, 3.63) is 48.3 Å². The van der Waals surface area contributed by atoms with E-state index in [-0.39, 0.29) is 24.4 Å². The van der Waals surface area contributed by atoms with Crippen molar-refractivity contribution in [2.75, 3.05) is 26.7 Å². The van der Waals surface area contributed by atoms with E-state index < -0.39 is 0 Å². The Labute approximate surface area is 153 Å². The van der Waals surface area contributed by atoms with Gasteiger partial charge in [-0.05, 0) is 30.7 Å². The molecular formula is C19H24N4O3. The van der Waals surface area contributed by atoms with Crippen LogP contribution < -0.4 is 4.74 Å². The van der Waals surface area contributed by atoms with E-state index in [1.807, 2.05) is 43.5 Å². The van der Waals surface area contributed by atoms with Gasteiger partial charge in [0, 0.05) is 38.4 Å². The Morgan fingerprint density at radius 3 is 2.65 bits per heavy atom. The lowest BCUT2D eigenvalue weighted by Crippen LogP contribution is -2.52.